The summed E-state index contributed by atoms with van der Waals surface area (Å²) in [5, 5.41) is 2.80. The molecule has 100 valence electrons. The number of rotatable bonds is 4. The summed E-state index contributed by atoms with van der Waals surface area (Å²) < 4.78 is 1.71. The van der Waals surface area contributed by atoms with Crippen LogP contribution in [0.4, 0.5) is 5.69 Å². The lowest BCUT2D eigenvalue weighted by atomic mass is 10.2. The average Bonchev–Trinajstić information content (AvgIpc) is 2.33. The zero-order valence-corrected chi connectivity index (χ0v) is 12.4. The molecule has 0 bridgehead atoms. The first kappa shape index (κ1) is 14.8. The molecule has 1 atom stereocenters. The van der Waals surface area contributed by atoms with Crippen LogP contribution in [0.15, 0.2) is 15.5 Å². The lowest BCUT2D eigenvalue weighted by Gasteiger charge is -2.13. The topological polar surface area (TPSA) is 77.1 Å². The van der Waals surface area contributed by atoms with Gasteiger partial charge in [0.2, 0.25) is 5.91 Å². The van der Waals surface area contributed by atoms with Crippen LogP contribution in [-0.2, 0) is 11.3 Å². The molecule has 1 aromatic rings. The van der Waals surface area contributed by atoms with Crippen LogP contribution in [0.1, 0.15) is 25.8 Å². The van der Waals surface area contributed by atoms with Gasteiger partial charge in [-0.1, -0.05) is 6.92 Å². The number of nitrogens with two attached hydrogens (primary N) is 1. The van der Waals surface area contributed by atoms with E-state index >= 15 is 0 Å². The third kappa shape index (κ3) is 3.35. The van der Waals surface area contributed by atoms with Crippen LogP contribution in [0.25, 0.3) is 0 Å². The molecule has 0 radical (unpaired) electrons. The van der Waals surface area contributed by atoms with Crippen LogP contribution >= 0.6 is 15.9 Å². The van der Waals surface area contributed by atoms with Crippen molar-refractivity contribution in [1.82, 2.24) is 9.88 Å². The molecule has 0 fully saturated rings. The van der Waals surface area contributed by atoms with E-state index in [2.05, 4.69) is 21.2 Å². The van der Waals surface area contributed by atoms with Crippen molar-refractivity contribution in [1.29, 1.82) is 0 Å². The number of aromatic nitrogens is 1. The maximum absolute atomic E-state index is 11.9. The van der Waals surface area contributed by atoms with Crippen LogP contribution in [0, 0.1) is 6.92 Å². The monoisotopic (exact) mass is 315 g/mol. The third-order valence-corrected chi connectivity index (χ3v) is 3.77. The Kier molecular flexibility index (Phi) is 4.95. The van der Waals surface area contributed by atoms with E-state index in [4.69, 9.17) is 5.73 Å². The number of pyridine rings is 1. The quantitative estimate of drug-likeness (QED) is 0.882. The molecule has 1 unspecified atom stereocenters. The minimum Gasteiger partial charge on any atom is -0.397 e. The number of nitrogens with one attached hydrogen (secondary N) is 1. The lowest BCUT2D eigenvalue weighted by molar-refractivity contribution is -0.122. The van der Waals surface area contributed by atoms with Gasteiger partial charge in [-0.2, -0.15) is 0 Å². The zero-order valence-electron chi connectivity index (χ0n) is 10.8. The van der Waals surface area contributed by atoms with Gasteiger partial charge in [0, 0.05) is 12.2 Å². The fourth-order valence-corrected chi connectivity index (χ4v) is 1.89. The van der Waals surface area contributed by atoms with Crippen molar-refractivity contribution >= 4 is 27.5 Å². The van der Waals surface area contributed by atoms with Gasteiger partial charge in [-0.15, -0.1) is 0 Å². The lowest BCUT2D eigenvalue weighted by Crippen LogP contribution is -2.37. The standard InChI is InChI=1S/C12H18BrN3O2/c1-4-7(2)15-10(17)6-16-5-9(14)8(3)11(13)12(16)18/h5,7H,4,6,14H2,1-3H3,(H,15,17). The number of carbonyl (C=O) groups is 1. The molecule has 0 saturated carbocycles. The van der Waals surface area contributed by atoms with E-state index in [1.165, 1.54) is 10.8 Å². The zero-order chi connectivity index (χ0) is 13.9. The van der Waals surface area contributed by atoms with E-state index in [-0.39, 0.29) is 24.1 Å². The number of carbonyl (C=O) groups excluding carboxylic acids is 1. The normalized spacial score (nSPS) is 12.2. The SMILES string of the molecule is CCC(C)NC(=O)Cn1cc(N)c(C)c(Br)c1=O. The van der Waals surface area contributed by atoms with Crippen molar-refractivity contribution in [2.75, 3.05) is 5.73 Å². The predicted octanol–water partition coefficient (Wildman–Crippen LogP) is 1.42. The van der Waals surface area contributed by atoms with Crippen LogP contribution in [0.3, 0.4) is 0 Å². The molecule has 0 aliphatic carbocycles. The van der Waals surface area contributed by atoms with Gasteiger partial charge in [0.05, 0.1) is 10.2 Å². The molecule has 6 heteroatoms. The maximum Gasteiger partial charge on any atom is 0.265 e. The highest BCUT2D eigenvalue weighted by molar-refractivity contribution is 9.10. The number of anilines is 1. The van der Waals surface area contributed by atoms with Gasteiger partial charge in [-0.3, -0.25) is 9.59 Å². The minimum atomic E-state index is -0.249. The second-order valence-electron chi connectivity index (χ2n) is 4.33. The van der Waals surface area contributed by atoms with E-state index in [0.717, 1.165) is 6.42 Å². The van der Waals surface area contributed by atoms with E-state index in [9.17, 15) is 9.59 Å². The van der Waals surface area contributed by atoms with Crippen molar-refractivity contribution in [2.24, 2.45) is 0 Å². The van der Waals surface area contributed by atoms with Gasteiger partial charge in [-0.05, 0) is 41.8 Å². The van der Waals surface area contributed by atoms with Crippen molar-refractivity contribution in [3.05, 3.63) is 26.6 Å². The number of nitrogens with zero attached hydrogens (tertiary/aromatic N) is 1. The molecule has 1 amide bonds. The van der Waals surface area contributed by atoms with E-state index in [1.807, 2.05) is 13.8 Å². The number of hydrogen-bond donors (Lipinski definition) is 2. The largest absolute Gasteiger partial charge is 0.397 e. The highest BCUT2D eigenvalue weighted by Gasteiger charge is 2.12. The fourth-order valence-electron chi connectivity index (χ4n) is 1.43. The Morgan fingerprint density at radius 3 is 2.78 bits per heavy atom. The van der Waals surface area contributed by atoms with Crippen LogP contribution < -0.4 is 16.6 Å². The Morgan fingerprint density at radius 1 is 1.61 bits per heavy atom. The number of hydrogen-bond acceptors (Lipinski definition) is 3. The first-order valence-electron chi connectivity index (χ1n) is 5.81. The smallest absolute Gasteiger partial charge is 0.265 e. The highest BCUT2D eigenvalue weighted by Crippen LogP contribution is 2.16. The van der Waals surface area contributed by atoms with Crippen molar-refractivity contribution in [3.8, 4) is 0 Å². The molecular weight excluding hydrogens is 298 g/mol. The average molecular weight is 316 g/mol. The van der Waals surface area contributed by atoms with Crippen LogP contribution in [-0.4, -0.2) is 16.5 Å². The van der Waals surface area contributed by atoms with E-state index in [0.29, 0.717) is 15.7 Å². The van der Waals surface area contributed by atoms with Crippen molar-refractivity contribution in [2.45, 2.75) is 39.8 Å². The number of halogens is 1. The van der Waals surface area contributed by atoms with Crippen molar-refractivity contribution in [3.63, 3.8) is 0 Å². The molecule has 0 aliphatic rings. The van der Waals surface area contributed by atoms with Gasteiger partial charge in [0.15, 0.2) is 0 Å². The molecular formula is C12H18BrN3O2. The summed E-state index contributed by atoms with van der Waals surface area (Å²) >= 11 is 3.19. The molecule has 1 aromatic heterocycles. The summed E-state index contributed by atoms with van der Waals surface area (Å²) in [4.78, 5) is 23.6. The molecule has 0 aliphatic heterocycles. The number of nitrogen functional groups attached to an aromatic ring is 1. The Bertz CT molecular complexity index is 511. The molecule has 5 nitrogen and oxygen atoms in total. The van der Waals surface area contributed by atoms with E-state index in [1.54, 1.807) is 6.92 Å². The molecule has 0 aromatic carbocycles. The molecule has 1 heterocycles. The first-order chi connectivity index (χ1) is 8.36. The summed E-state index contributed by atoms with van der Waals surface area (Å²) in [5.41, 5.74) is 6.70. The second-order valence-corrected chi connectivity index (χ2v) is 5.13. The third-order valence-electron chi connectivity index (χ3n) is 2.84. The van der Waals surface area contributed by atoms with Gasteiger partial charge >= 0.3 is 0 Å². The van der Waals surface area contributed by atoms with Crippen LogP contribution in [0.5, 0.6) is 0 Å². The summed E-state index contributed by atoms with van der Waals surface area (Å²) in [6, 6.07) is 0.0967. The van der Waals surface area contributed by atoms with Gasteiger partial charge < -0.3 is 15.6 Å². The molecule has 1 rings (SSSR count). The first-order valence-corrected chi connectivity index (χ1v) is 6.60. The van der Waals surface area contributed by atoms with Gasteiger partial charge in [0.25, 0.3) is 5.56 Å². The summed E-state index contributed by atoms with van der Waals surface area (Å²) in [6.07, 6.45) is 2.35. The predicted molar refractivity (Wildman–Crippen MR) is 75.4 cm³/mol. The van der Waals surface area contributed by atoms with E-state index < -0.39 is 0 Å². The Labute approximate surface area is 114 Å². The van der Waals surface area contributed by atoms with Crippen LogP contribution in [0.2, 0.25) is 0 Å². The maximum atomic E-state index is 11.9. The second kappa shape index (κ2) is 6.04. The Hall–Kier alpha value is -1.30. The Balaban J connectivity index is 2.93. The summed E-state index contributed by atoms with van der Waals surface area (Å²) in [6.45, 7) is 5.63. The summed E-state index contributed by atoms with van der Waals surface area (Å²) in [7, 11) is 0. The molecule has 3 N–H and O–H groups in total. The Morgan fingerprint density at radius 2 is 2.22 bits per heavy atom. The van der Waals surface area contributed by atoms with Gasteiger partial charge in [0.1, 0.15) is 6.54 Å². The minimum absolute atomic E-state index is 0.0216. The molecule has 0 saturated heterocycles. The van der Waals surface area contributed by atoms with Crippen molar-refractivity contribution < 1.29 is 4.79 Å². The van der Waals surface area contributed by atoms with Gasteiger partial charge in [-0.25, -0.2) is 0 Å². The summed E-state index contributed by atoms with van der Waals surface area (Å²) in [5.74, 6) is -0.193. The molecule has 0 spiro atoms. The highest BCUT2D eigenvalue weighted by atomic mass is 79.9. The number of amides is 1. The molecule has 18 heavy (non-hydrogen) atoms. The fraction of sp³-hybridized carbons (Fsp3) is 0.500.